The first-order valence-corrected chi connectivity index (χ1v) is 9.19. The summed E-state index contributed by atoms with van der Waals surface area (Å²) in [6.07, 6.45) is 0.586. The molecular formula is C20H25FN4O2. The molecule has 27 heavy (non-hydrogen) atoms. The molecule has 0 saturated carbocycles. The zero-order valence-electron chi connectivity index (χ0n) is 15.6. The van der Waals surface area contributed by atoms with Crippen LogP contribution in [-0.2, 0) is 6.42 Å². The molecular weight excluding hydrogens is 347 g/mol. The van der Waals surface area contributed by atoms with Crippen LogP contribution in [0.1, 0.15) is 47.9 Å². The topological polar surface area (TPSA) is 92.3 Å². The number of β-amino-alcohol motifs (C(OH)–C–C–N with tert-alkyl or cyclic N) is 1. The van der Waals surface area contributed by atoms with E-state index >= 15 is 0 Å². The van der Waals surface area contributed by atoms with Crippen LogP contribution in [0.5, 0.6) is 0 Å². The summed E-state index contributed by atoms with van der Waals surface area (Å²) in [4.78, 5) is 22.7. The van der Waals surface area contributed by atoms with Crippen molar-refractivity contribution in [1.29, 1.82) is 0 Å². The van der Waals surface area contributed by atoms with Crippen molar-refractivity contribution in [1.82, 2.24) is 14.9 Å². The molecule has 0 spiro atoms. The van der Waals surface area contributed by atoms with Gasteiger partial charge in [-0.1, -0.05) is 26.0 Å². The third-order valence-electron chi connectivity index (χ3n) is 4.80. The molecule has 144 valence electrons. The summed E-state index contributed by atoms with van der Waals surface area (Å²) in [5, 5.41) is 10.5. The number of carbonyl (C=O) groups excluding carboxylic acids is 1. The summed E-state index contributed by atoms with van der Waals surface area (Å²) >= 11 is 0. The fourth-order valence-electron chi connectivity index (χ4n) is 3.53. The lowest BCUT2D eigenvalue weighted by atomic mass is 9.87. The first kappa shape index (κ1) is 19.2. The number of nitrogens with zero attached hydrogens (tertiary/aromatic N) is 3. The molecule has 2 aromatic rings. The van der Waals surface area contributed by atoms with Crippen molar-refractivity contribution in [2.45, 2.75) is 38.7 Å². The predicted molar refractivity (Wildman–Crippen MR) is 101 cm³/mol. The highest BCUT2D eigenvalue weighted by atomic mass is 19.1. The number of aliphatic hydroxyl groups is 1. The zero-order valence-corrected chi connectivity index (χ0v) is 15.6. The number of halogens is 1. The largest absolute Gasteiger partial charge is 0.391 e. The van der Waals surface area contributed by atoms with E-state index in [0.717, 1.165) is 11.3 Å². The molecule has 1 amide bonds. The van der Waals surface area contributed by atoms with E-state index in [4.69, 9.17) is 5.73 Å². The lowest BCUT2D eigenvalue weighted by molar-refractivity contribution is 0.0377. The molecule has 0 unspecified atom stereocenters. The lowest BCUT2D eigenvalue weighted by Gasteiger charge is -2.36. The normalized spacial score (nSPS) is 20.1. The number of likely N-dealkylation sites (tertiary alicyclic amines) is 1. The number of hydrogen-bond acceptors (Lipinski definition) is 5. The standard InChI is InChI=1S/C20H25FN4O2/c1-12(2)9-15-10-17(24-20(22)23-15)19(27)25-8-7-16(18(26)11-25)13-3-5-14(21)6-4-13/h3-6,10,12,16,18,26H,7-9,11H2,1-2H3,(H2,22,23,24)/t16-,18+/m1/s1. The van der Waals surface area contributed by atoms with Crippen molar-refractivity contribution in [2.75, 3.05) is 18.8 Å². The van der Waals surface area contributed by atoms with Crippen LogP contribution >= 0.6 is 0 Å². The minimum Gasteiger partial charge on any atom is -0.391 e. The Hall–Kier alpha value is -2.54. The fraction of sp³-hybridized carbons (Fsp3) is 0.450. The number of anilines is 1. The maximum absolute atomic E-state index is 13.1. The molecule has 3 N–H and O–H groups in total. The molecule has 1 aliphatic heterocycles. The second-order valence-corrected chi connectivity index (χ2v) is 7.47. The summed E-state index contributed by atoms with van der Waals surface area (Å²) < 4.78 is 13.1. The van der Waals surface area contributed by atoms with Crippen molar-refractivity contribution in [2.24, 2.45) is 5.92 Å². The van der Waals surface area contributed by atoms with Gasteiger partial charge in [-0.25, -0.2) is 14.4 Å². The van der Waals surface area contributed by atoms with Gasteiger partial charge in [0.15, 0.2) is 0 Å². The highest BCUT2D eigenvalue weighted by Crippen LogP contribution is 2.29. The van der Waals surface area contributed by atoms with Crippen LogP contribution in [0.3, 0.4) is 0 Å². The van der Waals surface area contributed by atoms with Gasteiger partial charge in [-0.2, -0.15) is 0 Å². The molecule has 1 aromatic heterocycles. The Bertz CT molecular complexity index is 810. The summed E-state index contributed by atoms with van der Waals surface area (Å²) in [6, 6.07) is 7.82. The summed E-state index contributed by atoms with van der Waals surface area (Å²) in [5.74, 6) is -0.222. The quantitative estimate of drug-likeness (QED) is 0.860. The number of nitrogens with two attached hydrogens (primary N) is 1. The number of benzene rings is 1. The van der Waals surface area contributed by atoms with E-state index in [0.29, 0.717) is 25.3 Å². The van der Waals surface area contributed by atoms with Gasteiger partial charge in [-0.15, -0.1) is 0 Å². The van der Waals surface area contributed by atoms with Crippen LogP contribution in [0.4, 0.5) is 10.3 Å². The van der Waals surface area contributed by atoms with Crippen molar-refractivity contribution >= 4 is 11.9 Å². The first-order valence-electron chi connectivity index (χ1n) is 9.19. The average Bonchev–Trinajstić information content (AvgIpc) is 2.61. The monoisotopic (exact) mass is 372 g/mol. The fourth-order valence-corrected chi connectivity index (χ4v) is 3.53. The molecule has 3 rings (SSSR count). The summed E-state index contributed by atoms with van der Waals surface area (Å²) in [7, 11) is 0. The van der Waals surface area contributed by atoms with Crippen LogP contribution in [0.15, 0.2) is 30.3 Å². The van der Waals surface area contributed by atoms with Gasteiger partial charge in [0, 0.05) is 24.7 Å². The Morgan fingerprint density at radius 1 is 1.33 bits per heavy atom. The number of amides is 1. The molecule has 1 fully saturated rings. The van der Waals surface area contributed by atoms with Gasteiger partial charge < -0.3 is 15.7 Å². The van der Waals surface area contributed by atoms with Crippen molar-refractivity contribution in [3.8, 4) is 0 Å². The first-order chi connectivity index (χ1) is 12.8. The molecule has 7 heteroatoms. The summed E-state index contributed by atoms with van der Waals surface area (Å²) in [5.41, 5.74) is 7.64. The van der Waals surface area contributed by atoms with E-state index in [2.05, 4.69) is 23.8 Å². The molecule has 1 saturated heterocycles. The van der Waals surface area contributed by atoms with Gasteiger partial charge in [0.05, 0.1) is 6.10 Å². The number of nitrogen functional groups attached to an aromatic ring is 1. The number of piperidine rings is 1. The van der Waals surface area contributed by atoms with Crippen LogP contribution in [0, 0.1) is 11.7 Å². The maximum atomic E-state index is 13.1. The van der Waals surface area contributed by atoms with E-state index in [1.807, 2.05) is 0 Å². The van der Waals surface area contributed by atoms with Gasteiger partial charge in [-0.3, -0.25) is 4.79 Å². The van der Waals surface area contributed by atoms with Crippen molar-refractivity contribution in [3.63, 3.8) is 0 Å². The SMILES string of the molecule is CC(C)Cc1cc(C(=O)N2CC[C@H](c3ccc(F)cc3)[C@@H](O)C2)nc(N)n1. The number of carbonyl (C=O) groups is 1. The van der Waals surface area contributed by atoms with Crippen LogP contribution < -0.4 is 5.73 Å². The third kappa shape index (κ3) is 4.60. The molecule has 1 aliphatic rings. The Kier molecular flexibility index (Phi) is 5.70. The number of aromatic nitrogens is 2. The highest BCUT2D eigenvalue weighted by molar-refractivity contribution is 5.92. The summed E-state index contributed by atoms with van der Waals surface area (Å²) in [6.45, 7) is 4.82. The van der Waals surface area contributed by atoms with E-state index in [-0.39, 0.29) is 35.8 Å². The van der Waals surface area contributed by atoms with E-state index in [1.165, 1.54) is 12.1 Å². The lowest BCUT2D eigenvalue weighted by Crippen LogP contribution is -2.46. The van der Waals surface area contributed by atoms with Gasteiger partial charge in [0.1, 0.15) is 11.5 Å². The minimum atomic E-state index is -0.720. The zero-order chi connectivity index (χ0) is 19.6. The Morgan fingerprint density at radius 3 is 2.67 bits per heavy atom. The average molecular weight is 372 g/mol. The third-order valence-corrected chi connectivity index (χ3v) is 4.80. The Labute approximate surface area is 158 Å². The number of rotatable bonds is 4. The van der Waals surface area contributed by atoms with Gasteiger partial charge in [0.25, 0.3) is 5.91 Å². The van der Waals surface area contributed by atoms with Gasteiger partial charge >= 0.3 is 0 Å². The van der Waals surface area contributed by atoms with Crippen LogP contribution in [-0.4, -0.2) is 45.1 Å². The second-order valence-electron chi connectivity index (χ2n) is 7.47. The van der Waals surface area contributed by atoms with Crippen LogP contribution in [0.2, 0.25) is 0 Å². The van der Waals surface area contributed by atoms with E-state index < -0.39 is 6.10 Å². The maximum Gasteiger partial charge on any atom is 0.272 e. The number of aliphatic hydroxyl groups excluding tert-OH is 1. The Morgan fingerprint density at radius 2 is 2.04 bits per heavy atom. The van der Waals surface area contributed by atoms with Gasteiger partial charge in [0.2, 0.25) is 5.95 Å². The molecule has 0 aliphatic carbocycles. The van der Waals surface area contributed by atoms with Crippen molar-refractivity contribution in [3.05, 3.63) is 53.1 Å². The molecule has 2 atom stereocenters. The predicted octanol–water partition coefficient (Wildman–Crippen LogP) is 2.39. The van der Waals surface area contributed by atoms with Gasteiger partial charge in [-0.05, 0) is 42.5 Å². The number of hydrogen-bond donors (Lipinski definition) is 2. The molecule has 1 aromatic carbocycles. The van der Waals surface area contributed by atoms with Crippen LogP contribution in [0.25, 0.3) is 0 Å². The minimum absolute atomic E-state index is 0.0817. The molecule has 6 nitrogen and oxygen atoms in total. The van der Waals surface area contributed by atoms with E-state index in [1.54, 1.807) is 23.1 Å². The van der Waals surface area contributed by atoms with E-state index in [9.17, 15) is 14.3 Å². The second kappa shape index (κ2) is 8.00. The molecule has 0 bridgehead atoms. The smallest absolute Gasteiger partial charge is 0.272 e. The molecule has 2 heterocycles. The highest BCUT2D eigenvalue weighted by Gasteiger charge is 2.32. The molecule has 0 radical (unpaired) electrons. The van der Waals surface area contributed by atoms with Crippen molar-refractivity contribution < 1.29 is 14.3 Å². The Balaban J connectivity index is 1.72.